The first-order valence-corrected chi connectivity index (χ1v) is 40.3. The van der Waals surface area contributed by atoms with E-state index in [0.29, 0.717) is 22.9 Å². The third kappa shape index (κ3) is 34.6. The van der Waals surface area contributed by atoms with Gasteiger partial charge >= 0.3 is 29.8 Å². The number of aromatic amines is 1. The number of phenols is 1. The Hall–Kier alpha value is -12.0. The molecule has 678 valence electrons. The standard InChI is InChI=1S/C79H121N17O26/c1-10-39(6)61(82)75(117)90-53(33-58(102)103)71(113)89-54(34-59(104)105)72(114)94-63(40(7)11-2)77(119)86-48(21-15-17-29-80)66(108)87-52(32-44-36-83-47-20-14-13-19-46(44)47)70(112)85-50(27-28-57(100)101)67(109)84-49(22-16-18-30-81)68(110)93-62(38(4)5)76(118)92-56(37-97)74(116)95-64(41(8)12-3)78(120)91-51(31-43-23-25-45(99)26-24-43)69(111)88-55(35-60(106)107)73(115)96-65(42(9)98)79(121)122/h13-14,19-20,23-26,36,38-42,48-56,61-65,83,97-99H,10-12,15-18,21-22,27-35,37,80-82H2,1-9H3,(H,84,109)(H,85,112)(H,86,119)(H,87,108)(H,88,111)(H,89,113)(H,90,117)(H,91,120)(H,92,118)(H,93,110)(H,94,114)(H,95,116)(H,96,115)(H,100,101)(H,102,103)(H,104,105)(H,106,107)(H,121,122)/t39-,40-,41-,42+,48-,49-,50-,51-,52-,53-,54-,55-,56-,61-,62-,63-,64-,65-/m0/s1. The summed E-state index contributed by atoms with van der Waals surface area (Å²) in [5.74, 6) is -25.9. The van der Waals surface area contributed by atoms with E-state index < -0.39 is 266 Å². The van der Waals surface area contributed by atoms with Crippen LogP contribution in [0.15, 0.2) is 54.7 Å². The van der Waals surface area contributed by atoms with Gasteiger partial charge in [-0.2, -0.15) is 0 Å². The number of phenolic OH excluding ortho intramolecular Hbond substituents is 1. The number of hydrogen-bond donors (Lipinski definition) is 25. The third-order valence-corrected chi connectivity index (χ3v) is 20.5. The molecule has 0 aliphatic rings. The van der Waals surface area contributed by atoms with Crippen molar-refractivity contribution in [3.8, 4) is 5.75 Å². The van der Waals surface area contributed by atoms with Crippen molar-refractivity contribution in [2.75, 3.05) is 19.7 Å². The van der Waals surface area contributed by atoms with Gasteiger partial charge in [-0.3, -0.25) is 81.5 Å². The molecule has 0 spiro atoms. The first-order chi connectivity index (χ1) is 57.4. The minimum atomic E-state index is -2.01. The van der Waals surface area contributed by atoms with Gasteiger partial charge in [0.05, 0.1) is 38.0 Å². The molecule has 43 heteroatoms. The van der Waals surface area contributed by atoms with Crippen molar-refractivity contribution in [1.29, 1.82) is 0 Å². The van der Waals surface area contributed by atoms with Crippen LogP contribution in [0.3, 0.4) is 0 Å². The van der Waals surface area contributed by atoms with E-state index >= 15 is 4.79 Å². The van der Waals surface area contributed by atoms with Gasteiger partial charge in [0, 0.05) is 36.4 Å². The van der Waals surface area contributed by atoms with Crippen molar-refractivity contribution in [3.05, 3.63) is 65.9 Å². The summed E-state index contributed by atoms with van der Waals surface area (Å²) < 4.78 is 0. The van der Waals surface area contributed by atoms with Crippen LogP contribution in [-0.2, 0) is 99.1 Å². The number of carboxylic acid groups (broad SMARTS) is 5. The molecular formula is C79H121N17O26. The summed E-state index contributed by atoms with van der Waals surface area (Å²) in [6.45, 7) is 12.7. The summed E-state index contributed by atoms with van der Waals surface area (Å²) in [4.78, 5) is 249. The second-order valence-electron chi connectivity index (χ2n) is 30.4. The summed E-state index contributed by atoms with van der Waals surface area (Å²) >= 11 is 0. The van der Waals surface area contributed by atoms with Crippen LogP contribution in [0, 0.1) is 23.7 Å². The number of para-hydroxylation sites is 1. The van der Waals surface area contributed by atoms with Gasteiger partial charge in [0.1, 0.15) is 78.3 Å². The molecular weight excluding hydrogens is 1600 g/mol. The monoisotopic (exact) mass is 1720 g/mol. The summed E-state index contributed by atoms with van der Waals surface area (Å²) in [7, 11) is 0. The molecule has 0 bridgehead atoms. The molecule has 0 unspecified atom stereocenters. The molecule has 0 aliphatic carbocycles. The highest BCUT2D eigenvalue weighted by molar-refractivity contribution is 6.02. The lowest BCUT2D eigenvalue weighted by atomic mass is 9.96. The molecule has 13 amide bonds. The second kappa shape index (κ2) is 52.3. The van der Waals surface area contributed by atoms with Crippen LogP contribution in [0.5, 0.6) is 5.75 Å². The van der Waals surface area contributed by atoms with Gasteiger partial charge in [0.2, 0.25) is 76.8 Å². The topological polar surface area (TPSA) is 719 Å². The molecule has 1 aromatic heterocycles. The molecule has 18 atom stereocenters. The van der Waals surface area contributed by atoms with Crippen LogP contribution in [0.1, 0.15) is 163 Å². The van der Waals surface area contributed by atoms with E-state index in [1.54, 1.807) is 52.0 Å². The smallest absolute Gasteiger partial charge is 0.328 e. The van der Waals surface area contributed by atoms with Crippen LogP contribution >= 0.6 is 0 Å². The average molecular weight is 1720 g/mol. The van der Waals surface area contributed by atoms with Gasteiger partial charge in [-0.15, -0.1) is 0 Å². The van der Waals surface area contributed by atoms with Gasteiger partial charge in [-0.05, 0) is 118 Å². The fourth-order valence-corrected chi connectivity index (χ4v) is 12.5. The quantitative estimate of drug-likeness (QED) is 0.0240. The van der Waals surface area contributed by atoms with Gasteiger partial charge in [0.15, 0.2) is 6.04 Å². The van der Waals surface area contributed by atoms with Gasteiger partial charge in [-0.1, -0.05) is 105 Å². The van der Waals surface area contributed by atoms with Crippen molar-refractivity contribution in [1.82, 2.24) is 74.1 Å². The first-order valence-electron chi connectivity index (χ1n) is 40.3. The summed E-state index contributed by atoms with van der Waals surface area (Å²) in [5.41, 5.74) is 19.0. The number of aromatic hydroxyl groups is 1. The van der Waals surface area contributed by atoms with E-state index in [4.69, 9.17) is 17.2 Å². The zero-order valence-corrected chi connectivity index (χ0v) is 69.8. The Labute approximate surface area is 704 Å². The lowest BCUT2D eigenvalue weighted by Gasteiger charge is -2.30. The largest absolute Gasteiger partial charge is 0.508 e. The van der Waals surface area contributed by atoms with E-state index in [1.807, 2.05) is 5.32 Å². The zero-order chi connectivity index (χ0) is 91.9. The normalized spacial score (nSPS) is 15.7. The predicted octanol–water partition coefficient (Wildman–Crippen LogP) is -3.91. The number of aliphatic carboxylic acids is 5. The van der Waals surface area contributed by atoms with Crippen molar-refractivity contribution in [3.63, 3.8) is 0 Å². The molecule has 122 heavy (non-hydrogen) atoms. The average Bonchev–Trinajstić information content (AvgIpc) is 1.65. The Kier molecular flexibility index (Phi) is 44.7. The molecule has 0 aliphatic heterocycles. The van der Waals surface area contributed by atoms with Gasteiger partial charge < -0.3 is 132 Å². The van der Waals surface area contributed by atoms with E-state index in [0.717, 1.165) is 6.92 Å². The van der Waals surface area contributed by atoms with Crippen molar-refractivity contribution < 1.29 is 127 Å². The number of benzene rings is 2. The number of nitrogens with one attached hydrogen (secondary N) is 14. The Morgan fingerprint density at radius 1 is 0.385 bits per heavy atom. The predicted molar refractivity (Wildman–Crippen MR) is 436 cm³/mol. The summed E-state index contributed by atoms with van der Waals surface area (Å²) in [6, 6.07) is -12.2. The Balaban J connectivity index is 2.04. The zero-order valence-electron chi connectivity index (χ0n) is 69.8. The Morgan fingerprint density at radius 2 is 0.738 bits per heavy atom. The Bertz CT molecular complexity index is 4090. The number of amides is 13. The maximum atomic E-state index is 15.1. The molecule has 1 heterocycles. The number of rotatable bonds is 57. The van der Waals surface area contributed by atoms with E-state index in [-0.39, 0.29) is 82.2 Å². The number of aliphatic hydroxyl groups excluding tert-OH is 2. The van der Waals surface area contributed by atoms with Crippen molar-refractivity contribution in [2.45, 2.75) is 256 Å². The molecule has 0 saturated heterocycles. The molecule has 0 radical (unpaired) electrons. The molecule has 0 saturated carbocycles. The number of hydrogen-bond acceptors (Lipinski definition) is 24. The number of carbonyl (C=O) groups excluding carboxylic acids is 13. The highest BCUT2D eigenvalue weighted by atomic mass is 16.4. The van der Waals surface area contributed by atoms with Gasteiger partial charge in [-0.25, -0.2) is 4.79 Å². The molecule has 0 fully saturated rings. The minimum absolute atomic E-state index is 0.0837. The lowest BCUT2D eigenvalue weighted by Crippen LogP contribution is -2.62. The van der Waals surface area contributed by atoms with E-state index in [2.05, 4.69) is 68.8 Å². The highest BCUT2D eigenvalue weighted by Crippen LogP contribution is 2.22. The number of aliphatic hydroxyl groups is 2. The van der Waals surface area contributed by atoms with E-state index in [9.17, 15) is 122 Å². The number of nitrogens with two attached hydrogens (primary N) is 3. The molecule has 3 aromatic rings. The van der Waals surface area contributed by atoms with Crippen LogP contribution in [0.2, 0.25) is 0 Å². The SMILES string of the molecule is CC[C@H](C)[C@H](N)C(=O)N[C@@H](CC(=O)O)C(=O)N[C@@H](CC(=O)O)C(=O)N[C@H](C(=O)N[C@@H](CCCCN)C(=O)N[C@@H](Cc1c[nH]c2ccccc12)C(=O)N[C@@H](CCC(=O)O)C(=O)N[C@@H](CCCCN)C(=O)N[C@H](C(=O)N[C@@H](CO)C(=O)N[C@H](C(=O)N[C@@H](Cc1ccc(O)cc1)C(=O)N[C@@H](CC(=O)O)C(=O)N[C@H](C(=O)O)[C@@H](C)O)[C@@H](C)CC)C(C)C)[C@@H](C)CC. The van der Waals surface area contributed by atoms with Crippen molar-refractivity contribution >= 4 is 118 Å². The maximum Gasteiger partial charge on any atom is 0.328 e. The minimum Gasteiger partial charge on any atom is -0.508 e. The van der Waals surface area contributed by atoms with Gasteiger partial charge in [0.25, 0.3) is 0 Å². The highest BCUT2D eigenvalue weighted by Gasteiger charge is 2.41. The number of fused-ring (bicyclic) bond motifs is 1. The van der Waals surface area contributed by atoms with E-state index in [1.165, 1.54) is 58.2 Å². The fourth-order valence-electron chi connectivity index (χ4n) is 12.5. The molecule has 43 nitrogen and oxygen atoms in total. The van der Waals surface area contributed by atoms with Crippen LogP contribution in [0.4, 0.5) is 0 Å². The van der Waals surface area contributed by atoms with Crippen LogP contribution in [0.25, 0.3) is 10.9 Å². The number of H-pyrrole nitrogens is 1. The summed E-state index contributed by atoms with van der Waals surface area (Å²) in [5, 5.41) is 111. The van der Waals surface area contributed by atoms with Crippen LogP contribution < -0.4 is 86.3 Å². The first kappa shape index (κ1) is 104. The Morgan fingerprint density at radius 3 is 1.16 bits per heavy atom. The second-order valence-corrected chi connectivity index (χ2v) is 30.4. The van der Waals surface area contributed by atoms with Crippen molar-refractivity contribution in [2.24, 2.45) is 40.9 Å². The molecule has 3 rings (SSSR count). The van der Waals surface area contributed by atoms with Crippen LogP contribution in [-0.4, -0.2) is 263 Å². The number of unbranched alkanes of at least 4 members (excludes halogenated alkanes) is 2. The summed E-state index contributed by atoms with van der Waals surface area (Å²) in [6.07, 6.45) is -4.50. The number of aromatic nitrogens is 1. The number of carboxylic acids is 5. The maximum absolute atomic E-state index is 15.1. The molecule has 2 aromatic carbocycles. The third-order valence-electron chi connectivity index (χ3n) is 20.5. The molecule has 28 N–H and O–H groups in total. The lowest BCUT2D eigenvalue weighted by molar-refractivity contribution is -0.146. The number of carbonyl (C=O) groups is 18. The fraction of sp³-hybridized carbons (Fsp3) is 0.595.